The van der Waals surface area contributed by atoms with Gasteiger partial charge in [0.05, 0.1) is 0 Å². The van der Waals surface area contributed by atoms with Crippen molar-refractivity contribution in [2.24, 2.45) is 5.73 Å². The van der Waals surface area contributed by atoms with Gasteiger partial charge in [0.1, 0.15) is 16.7 Å². The highest BCUT2D eigenvalue weighted by molar-refractivity contribution is 7.13. The van der Waals surface area contributed by atoms with Crippen molar-refractivity contribution in [2.75, 3.05) is 13.6 Å². The van der Waals surface area contributed by atoms with Crippen LogP contribution in [-0.4, -0.2) is 36.4 Å². The number of nitrogens with two attached hydrogens (primary N) is 1. The Morgan fingerprint density at radius 3 is 2.62 bits per heavy atom. The number of hydrogen-bond acceptors (Lipinski definition) is 5. The highest BCUT2D eigenvalue weighted by atomic mass is 32.1. The van der Waals surface area contributed by atoms with Gasteiger partial charge in [-0.2, -0.15) is 0 Å². The summed E-state index contributed by atoms with van der Waals surface area (Å²) in [5, 5.41) is 7.76. The van der Waals surface area contributed by atoms with E-state index < -0.39 is 6.04 Å². The van der Waals surface area contributed by atoms with Crippen molar-refractivity contribution in [3.05, 3.63) is 40.9 Å². The zero-order chi connectivity index (χ0) is 17.5. The zero-order valence-corrected chi connectivity index (χ0v) is 14.7. The summed E-state index contributed by atoms with van der Waals surface area (Å²) < 4.78 is 0. The average Bonchev–Trinajstić information content (AvgIpc) is 3.08. The van der Waals surface area contributed by atoms with E-state index in [2.05, 4.69) is 15.6 Å². The van der Waals surface area contributed by atoms with Crippen molar-refractivity contribution in [2.45, 2.75) is 25.8 Å². The summed E-state index contributed by atoms with van der Waals surface area (Å²) in [7, 11) is 1.54. The van der Waals surface area contributed by atoms with Crippen LogP contribution in [0.3, 0.4) is 0 Å². The van der Waals surface area contributed by atoms with Gasteiger partial charge < -0.3 is 16.4 Å². The van der Waals surface area contributed by atoms with Gasteiger partial charge in [0.2, 0.25) is 5.91 Å². The van der Waals surface area contributed by atoms with E-state index in [9.17, 15) is 9.59 Å². The fourth-order valence-corrected chi connectivity index (χ4v) is 3.01. The topological polar surface area (TPSA) is 97.1 Å². The van der Waals surface area contributed by atoms with Gasteiger partial charge in [-0.25, -0.2) is 4.98 Å². The minimum atomic E-state index is -0.601. The van der Waals surface area contributed by atoms with Gasteiger partial charge in [-0.05, 0) is 26.3 Å². The van der Waals surface area contributed by atoms with Crippen LogP contribution in [0.5, 0.6) is 0 Å². The fourth-order valence-electron chi connectivity index (χ4n) is 2.20. The first kappa shape index (κ1) is 18.1. The van der Waals surface area contributed by atoms with Crippen LogP contribution >= 0.6 is 11.3 Å². The lowest BCUT2D eigenvalue weighted by Crippen LogP contribution is -2.46. The number of hydrogen-bond donors (Lipinski definition) is 3. The Bertz CT molecular complexity index is 697. The van der Waals surface area contributed by atoms with Gasteiger partial charge in [0.15, 0.2) is 0 Å². The molecule has 0 aliphatic carbocycles. The largest absolute Gasteiger partial charge is 0.357 e. The van der Waals surface area contributed by atoms with E-state index in [0.717, 1.165) is 10.6 Å². The van der Waals surface area contributed by atoms with Crippen LogP contribution in [0.15, 0.2) is 29.6 Å². The van der Waals surface area contributed by atoms with Crippen LogP contribution in [0.2, 0.25) is 0 Å². The van der Waals surface area contributed by atoms with Crippen molar-refractivity contribution in [3.8, 4) is 10.6 Å². The molecular weight excluding hydrogens is 324 g/mol. The molecule has 0 spiro atoms. The van der Waals surface area contributed by atoms with Crippen molar-refractivity contribution >= 4 is 23.2 Å². The third-order valence-corrected chi connectivity index (χ3v) is 4.49. The van der Waals surface area contributed by atoms with Crippen LogP contribution < -0.4 is 16.4 Å². The normalized spacial score (nSPS) is 11.8. The molecule has 2 aromatic rings. The number of likely N-dealkylation sites (N-methyl/N-ethyl adjacent to an activating group) is 1. The molecule has 2 rings (SSSR count). The molecule has 2 amide bonds. The van der Waals surface area contributed by atoms with E-state index in [1.807, 2.05) is 31.2 Å². The maximum atomic E-state index is 12.4. The fraction of sp³-hybridized carbons (Fsp3) is 0.353. The Morgan fingerprint density at radius 2 is 2.00 bits per heavy atom. The summed E-state index contributed by atoms with van der Waals surface area (Å²) >= 11 is 1.40. The zero-order valence-electron chi connectivity index (χ0n) is 13.8. The van der Waals surface area contributed by atoms with Gasteiger partial charge in [-0.1, -0.05) is 29.8 Å². The number of nitrogens with zero attached hydrogens (tertiary/aromatic N) is 1. The van der Waals surface area contributed by atoms with Crippen molar-refractivity contribution in [1.82, 2.24) is 15.6 Å². The molecule has 0 fully saturated rings. The Labute approximate surface area is 145 Å². The lowest BCUT2D eigenvalue weighted by Gasteiger charge is -2.16. The van der Waals surface area contributed by atoms with Gasteiger partial charge in [0, 0.05) is 18.0 Å². The molecule has 1 atom stereocenters. The SMILES string of the molecule is CNC(=O)C(CCCN)NC(=O)c1csc(-c2ccc(C)cc2)n1. The number of aromatic nitrogens is 1. The molecule has 0 radical (unpaired) electrons. The number of rotatable bonds is 7. The van der Waals surface area contributed by atoms with Gasteiger partial charge in [0.25, 0.3) is 5.91 Å². The van der Waals surface area contributed by atoms with Gasteiger partial charge in [-0.15, -0.1) is 11.3 Å². The summed E-state index contributed by atoms with van der Waals surface area (Å²) in [5.41, 5.74) is 7.94. The second-order valence-corrected chi connectivity index (χ2v) is 6.33. The first-order valence-corrected chi connectivity index (χ1v) is 8.68. The second-order valence-electron chi connectivity index (χ2n) is 5.48. The summed E-state index contributed by atoms with van der Waals surface area (Å²) in [6.07, 6.45) is 1.15. The summed E-state index contributed by atoms with van der Waals surface area (Å²) in [6.45, 7) is 2.49. The van der Waals surface area contributed by atoms with Crippen LogP contribution in [-0.2, 0) is 4.79 Å². The highest BCUT2D eigenvalue weighted by Gasteiger charge is 2.21. The predicted octanol–water partition coefficient (Wildman–Crippen LogP) is 1.70. The standard InChI is InChI=1S/C17H22N4O2S/c1-11-5-7-12(8-6-11)17-21-14(10-24-17)16(23)20-13(4-3-9-18)15(22)19-2/h5-8,10,13H,3-4,9,18H2,1-2H3,(H,19,22)(H,20,23). The van der Waals surface area contributed by atoms with Crippen molar-refractivity contribution in [1.29, 1.82) is 0 Å². The minimum absolute atomic E-state index is 0.231. The lowest BCUT2D eigenvalue weighted by molar-refractivity contribution is -0.122. The average molecular weight is 346 g/mol. The first-order valence-electron chi connectivity index (χ1n) is 7.80. The van der Waals surface area contributed by atoms with Crippen LogP contribution in [0, 0.1) is 6.92 Å². The van der Waals surface area contributed by atoms with E-state index in [1.54, 1.807) is 12.4 Å². The Hall–Kier alpha value is -2.25. The molecule has 1 aromatic heterocycles. The van der Waals surface area contributed by atoms with Gasteiger partial charge in [-0.3, -0.25) is 9.59 Å². The Balaban J connectivity index is 2.09. The summed E-state index contributed by atoms with van der Waals surface area (Å²) in [4.78, 5) is 28.6. The molecule has 7 heteroatoms. The molecule has 0 bridgehead atoms. The quantitative estimate of drug-likeness (QED) is 0.711. The molecule has 0 saturated heterocycles. The number of amides is 2. The summed E-state index contributed by atoms with van der Waals surface area (Å²) in [6, 6.07) is 7.36. The minimum Gasteiger partial charge on any atom is -0.357 e. The molecule has 1 heterocycles. The summed E-state index contributed by atoms with van der Waals surface area (Å²) in [5.74, 6) is -0.582. The number of benzene rings is 1. The number of carbonyl (C=O) groups is 2. The first-order chi connectivity index (χ1) is 11.5. The predicted molar refractivity (Wildman–Crippen MR) is 95.9 cm³/mol. The van der Waals surface area contributed by atoms with Crippen LogP contribution in [0.25, 0.3) is 10.6 Å². The smallest absolute Gasteiger partial charge is 0.271 e. The molecule has 0 saturated carbocycles. The maximum absolute atomic E-state index is 12.4. The van der Waals surface area contributed by atoms with E-state index in [0.29, 0.717) is 25.1 Å². The molecule has 1 unspecified atom stereocenters. The molecule has 6 nitrogen and oxygen atoms in total. The van der Waals surface area contributed by atoms with Crippen molar-refractivity contribution < 1.29 is 9.59 Å². The monoisotopic (exact) mass is 346 g/mol. The number of aryl methyl sites for hydroxylation is 1. The Kier molecular flexibility index (Phi) is 6.45. The van der Waals surface area contributed by atoms with E-state index in [-0.39, 0.29) is 11.8 Å². The number of thiazole rings is 1. The van der Waals surface area contributed by atoms with Gasteiger partial charge >= 0.3 is 0 Å². The van der Waals surface area contributed by atoms with Crippen LogP contribution in [0.4, 0.5) is 0 Å². The highest BCUT2D eigenvalue weighted by Crippen LogP contribution is 2.24. The maximum Gasteiger partial charge on any atom is 0.271 e. The van der Waals surface area contributed by atoms with Crippen LogP contribution in [0.1, 0.15) is 28.9 Å². The van der Waals surface area contributed by atoms with E-state index >= 15 is 0 Å². The molecule has 4 N–H and O–H groups in total. The van der Waals surface area contributed by atoms with E-state index in [4.69, 9.17) is 5.73 Å². The molecule has 1 aromatic carbocycles. The number of nitrogens with one attached hydrogen (secondary N) is 2. The number of carbonyl (C=O) groups excluding carboxylic acids is 2. The molecule has 0 aliphatic rings. The third-order valence-electron chi connectivity index (χ3n) is 3.60. The van der Waals surface area contributed by atoms with Crippen molar-refractivity contribution in [3.63, 3.8) is 0 Å². The van der Waals surface area contributed by atoms with E-state index in [1.165, 1.54) is 16.9 Å². The molecular formula is C17H22N4O2S. The molecule has 24 heavy (non-hydrogen) atoms. The third kappa shape index (κ3) is 4.62. The lowest BCUT2D eigenvalue weighted by atomic mass is 10.1. The Morgan fingerprint density at radius 1 is 1.29 bits per heavy atom. The molecule has 0 aliphatic heterocycles. The second kappa shape index (κ2) is 8.56. The molecule has 128 valence electrons.